The van der Waals surface area contributed by atoms with Crippen LogP contribution in [0.1, 0.15) is 55.4 Å². The van der Waals surface area contributed by atoms with Gasteiger partial charge in [0.25, 0.3) is 0 Å². The van der Waals surface area contributed by atoms with Crippen LogP contribution in [0.25, 0.3) is 0 Å². The molecule has 38 heavy (non-hydrogen) atoms. The zero-order chi connectivity index (χ0) is 28.8. The number of nitrogens with one attached hydrogen (secondary N) is 1. The highest BCUT2D eigenvalue weighted by Gasteiger charge is 2.67. The first-order chi connectivity index (χ1) is 17.4. The van der Waals surface area contributed by atoms with Crippen molar-refractivity contribution in [2.75, 3.05) is 6.61 Å². The van der Waals surface area contributed by atoms with Crippen molar-refractivity contribution in [1.82, 2.24) is 10.2 Å². The molecule has 5 atom stereocenters. The average Bonchev–Trinajstić information content (AvgIpc) is 3.02. The molecule has 0 saturated carbocycles. The molecule has 3 rings (SSSR count). The Hall–Kier alpha value is -1.05. The zero-order valence-electron chi connectivity index (χ0n) is 24.9. The van der Waals surface area contributed by atoms with Crippen LogP contribution in [0.5, 0.6) is 0 Å². The number of ether oxygens (including phenoxy) is 1. The molecule has 3 heterocycles. The van der Waals surface area contributed by atoms with Crippen molar-refractivity contribution in [3.63, 3.8) is 0 Å². The van der Waals surface area contributed by atoms with Gasteiger partial charge in [-0.1, -0.05) is 81.0 Å². The molecule has 12 heteroatoms. The average molecular weight is 586 g/mol. The summed E-state index contributed by atoms with van der Waals surface area (Å²) in [5.74, 6) is 2.94. The number of nitrogens with zero attached hydrogens (tertiary/aromatic N) is 1. The second-order valence-electron chi connectivity index (χ2n) is 13.0. The summed E-state index contributed by atoms with van der Waals surface area (Å²) in [5.41, 5.74) is 7.06. The number of alkyl halides is 1. The maximum atomic E-state index is 17.6. The molecular formula is C26H48FN3O5Si3. The fourth-order valence-electron chi connectivity index (χ4n) is 5.55. The van der Waals surface area contributed by atoms with Gasteiger partial charge in [-0.25, -0.2) is 9.18 Å². The molecular weight excluding hydrogens is 538 g/mol. The van der Waals surface area contributed by atoms with E-state index in [-0.39, 0.29) is 28.8 Å². The largest absolute Gasteiger partial charge is 0.414 e. The normalized spacial score (nSPS) is 33.2. The lowest BCUT2D eigenvalue weighted by atomic mass is 9.96. The van der Waals surface area contributed by atoms with Crippen LogP contribution in [0.3, 0.4) is 0 Å². The van der Waals surface area contributed by atoms with Crippen LogP contribution in [0, 0.1) is 11.5 Å². The predicted octanol–water partition coefficient (Wildman–Crippen LogP) is 5.08. The third-order valence-corrected chi connectivity index (χ3v) is 18.7. The van der Waals surface area contributed by atoms with E-state index in [4.69, 9.17) is 23.4 Å². The Morgan fingerprint density at radius 1 is 1.08 bits per heavy atom. The zero-order valence-corrected chi connectivity index (χ0v) is 27.9. The lowest BCUT2D eigenvalue weighted by Crippen LogP contribution is -2.67. The van der Waals surface area contributed by atoms with E-state index in [2.05, 4.69) is 91.8 Å². The second kappa shape index (κ2) is 11.1. The molecule has 3 aliphatic rings. The SMILES string of the molecule is CC(C)[Si]1(C(C)C)OC[C@H]2O[C@@H](N3C=CC(N)NC3=O)[C@@](F)(C#C[Si](C)(C)C)[C@@H]2O[Si](C(C)C)(C(C)C)O1. The molecule has 2 amide bonds. The maximum absolute atomic E-state index is 17.6. The van der Waals surface area contributed by atoms with E-state index in [9.17, 15) is 4.79 Å². The Labute approximate surface area is 231 Å². The lowest BCUT2D eigenvalue weighted by molar-refractivity contribution is -0.0688. The highest BCUT2D eigenvalue weighted by Crippen LogP contribution is 2.50. The number of halogens is 1. The minimum Gasteiger partial charge on any atom is -0.414 e. The summed E-state index contributed by atoms with van der Waals surface area (Å²) in [5, 5.41) is 2.63. The van der Waals surface area contributed by atoms with Gasteiger partial charge in [-0.3, -0.25) is 4.90 Å². The minimum absolute atomic E-state index is 0.0126. The quantitative estimate of drug-likeness (QED) is 0.345. The van der Waals surface area contributed by atoms with Crippen LogP contribution in [0.2, 0.25) is 41.8 Å². The second-order valence-corrected chi connectivity index (χ2v) is 26.6. The number of nitrogens with two attached hydrogens (primary N) is 1. The summed E-state index contributed by atoms with van der Waals surface area (Å²) in [6, 6.07) is -0.544. The summed E-state index contributed by atoms with van der Waals surface area (Å²) >= 11 is 0. The first kappa shape index (κ1) is 31.5. The van der Waals surface area contributed by atoms with Crippen LogP contribution in [-0.4, -0.2) is 73.0 Å². The summed E-state index contributed by atoms with van der Waals surface area (Å²) in [6.45, 7) is 23.1. The molecule has 8 nitrogen and oxygen atoms in total. The Kier molecular flexibility index (Phi) is 9.18. The molecule has 2 saturated heterocycles. The molecule has 0 spiro atoms. The Bertz CT molecular complexity index is 961. The van der Waals surface area contributed by atoms with Crippen molar-refractivity contribution in [2.24, 2.45) is 5.73 Å². The van der Waals surface area contributed by atoms with Crippen LogP contribution in [0.4, 0.5) is 9.18 Å². The molecule has 0 aromatic heterocycles. The molecule has 0 radical (unpaired) electrons. The van der Waals surface area contributed by atoms with Crippen LogP contribution < -0.4 is 11.1 Å². The van der Waals surface area contributed by atoms with Crippen molar-refractivity contribution >= 4 is 31.2 Å². The Morgan fingerprint density at radius 3 is 2.11 bits per heavy atom. The van der Waals surface area contributed by atoms with Crippen molar-refractivity contribution in [2.45, 2.75) is 127 Å². The number of fused-ring (bicyclic) bond motifs is 1. The molecule has 2 fully saturated rings. The number of carbonyl (C=O) groups excluding carboxylic acids is 1. The van der Waals surface area contributed by atoms with Gasteiger partial charge in [0.2, 0.25) is 5.67 Å². The van der Waals surface area contributed by atoms with Gasteiger partial charge in [0.05, 0.1) is 12.8 Å². The number of hydrogen-bond donors (Lipinski definition) is 2. The summed E-state index contributed by atoms with van der Waals surface area (Å²) < 4.78 is 45.0. The fourth-order valence-corrected chi connectivity index (χ4v) is 17.3. The third-order valence-electron chi connectivity index (χ3n) is 7.60. The molecule has 3 N–H and O–H groups in total. The maximum Gasteiger partial charge on any atom is 0.335 e. The topological polar surface area (TPSA) is 95.3 Å². The minimum atomic E-state index is -3.13. The monoisotopic (exact) mass is 585 g/mol. The van der Waals surface area contributed by atoms with Crippen LogP contribution >= 0.6 is 0 Å². The van der Waals surface area contributed by atoms with Gasteiger partial charge in [-0.15, -0.1) is 5.54 Å². The first-order valence-electron chi connectivity index (χ1n) is 13.8. The van der Waals surface area contributed by atoms with Gasteiger partial charge in [-0.2, -0.15) is 0 Å². The van der Waals surface area contributed by atoms with Gasteiger partial charge in [-0.05, 0) is 28.2 Å². The molecule has 0 aromatic rings. The molecule has 1 unspecified atom stereocenters. The number of hydrogen-bond acceptors (Lipinski definition) is 6. The van der Waals surface area contributed by atoms with E-state index >= 15 is 4.39 Å². The van der Waals surface area contributed by atoms with Gasteiger partial charge in [0, 0.05) is 6.20 Å². The Balaban J connectivity index is 2.22. The van der Waals surface area contributed by atoms with Crippen LogP contribution in [-0.2, 0) is 17.7 Å². The number of rotatable bonds is 5. The predicted molar refractivity (Wildman–Crippen MR) is 155 cm³/mol. The molecule has 3 aliphatic heterocycles. The van der Waals surface area contributed by atoms with Crippen molar-refractivity contribution < 1.29 is 26.9 Å². The van der Waals surface area contributed by atoms with Gasteiger partial charge in [0.15, 0.2) is 6.23 Å². The molecule has 216 valence electrons. The number of carbonyl (C=O) groups is 1. The van der Waals surface area contributed by atoms with E-state index in [0.29, 0.717) is 0 Å². The molecule has 0 bridgehead atoms. The summed E-state index contributed by atoms with van der Waals surface area (Å²) in [7, 11) is -7.98. The van der Waals surface area contributed by atoms with E-state index in [1.165, 1.54) is 11.1 Å². The highest BCUT2D eigenvalue weighted by molar-refractivity contribution is 6.84. The highest BCUT2D eigenvalue weighted by atomic mass is 28.5. The fraction of sp³-hybridized carbons (Fsp3) is 0.808. The van der Waals surface area contributed by atoms with Gasteiger partial charge >= 0.3 is 23.2 Å². The van der Waals surface area contributed by atoms with E-state index in [0.717, 1.165) is 0 Å². The third kappa shape index (κ3) is 5.72. The van der Waals surface area contributed by atoms with Gasteiger partial charge < -0.3 is 28.8 Å². The Morgan fingerprint density at radius 2 is 1.63 bits per heavy atom. The van der Waals surface area contributed by atoms with Crippen molar-refractivity contribution in [1.29, 1.82) is 0 Å². The van der Waals surface area contributed by atoms with Crippen LogP contribution in [0.15, 0.2) is 12.3 Å². The van der Waals surface area contributed by atoms with Gasteiger partial charge in [0.1, 0.15) is 20.3 Å². The number of urea groups is 1. The summed E-state index contributed by atoms with van der Waals surface area (Å²) in [6.07, 6.45) is -0.770. The van der Waals surface area contributed by atoms with E-state index in [1.807, 2.05) is 0 Å². The molecule has 0 aromatic carbocycles. The molecule has 0 aliphatic carbocycles. The smallest absolute Gasteiger partial charge is 0.335 e. The lowest BCUT2D eigenvalue weighted by Gasteiger charge is -2.51. The van der Waals surface area contributed by atoms with E-state index < -0.39 is 61.5 Å². The first-order valence-corrected chi connectivity index (χ1v) is 21.3. The van der Waals surface area contributed by atoms with Crippen molar-refractivity contribution in [3.8, 4) is 11.5 Å². The standard InChI is InChI=1S/C26H48FN3O5Si3/c1-17(2)37(18(3)4)32-16-21-23(34-38(35-37,19(5)6)20(7)8)26(27,13-15-36(9,10)11)24(33-21)30-14-12-22(28)29-25(30)31/h12,14,17-24H,16,28H2,1-11H3,(H,29,31)/t21-,22?,23-,24-,26-/m1/s1. The van der Waals surface area contributed by atoms with E-state index in [1.54, 1.807) is 6.08 Å². The van der Waals surface area contributed by atoms with Crippen molar-refractivity contribution in [3.05, 3.63) is 12.3 Å². The number of amides is 2. The summed E-state index contributed by atoms with van der Waals surface area (Å²) in [4.78, 5) is 14.2.